The minimum Gasteiger partial charge on any atom is -0.493 e. The molecule has 0 amide bonds. The van der Waals surface area contributed by atoms with Gasteiger partial charge in [-0.1, -0.05) is 12.1 Å². The first-order valence-corrected chi connectivity index (χ1v) is 11.6. The third kappa shape index (κ3) is 3.45. The van der Waals surface area contributed by atoms with E-state index >= 15 is 0 Å². The van der Waals surface area contributed by atoms with Crippen molar-refractivity contribution in [3.63, 3.8) is 0 Å². The molecule has 3 aliphatic rings. The number of nitrogens with one attached hydrogen (secondary N) is 1. The van der Waals surface area contributed by atoms with Crippen molar-refractivity contribution in [2.24, 2.45) is 0 Å². The van der Waals surface area contributed by atoms with E-state index in [2.05, 4.69) is 28.4 Å². The third-order valence-corrected chi connectivity index (χ3v) is 7.22. The predicted octanol–water partition coefficient (Wildman–Crippen LogP) is 1.91. The lowest BCUT2D eigenvalue weighted by Crippen LogP contribution is -2.44. The van der Waals surface area contributed by atoms with Gasteiger partial charge in [-0.05, 0) is 55.3 Å². The van der Waals surface area contributed by atoms with Crippen LogP contribution in [0.15, 0.2) is 52.1 Å². The lowest BCUT2D eigenvalue weighted by atomic mass is 10.0. The molecular weight excluding hydrogens is 404 g/mol. The summed E-state index contributed by atoms with van der Waals surface area (Å²) in [5.74, 6) is 1.04. The largest absolute Gasteiger partial charge is 0.493 e. The summed E-state index contributed by atoms with van der Waals surface area (Å²) < 4.78 is 9.19. The van der Waals surface area contributed by atoms with Gasteiger partial charge in [0, 0.05) is 49.6 Å². The Labute approximate surface area is 186 Å². The van der Waals surface area contributed by atoms with E-state index in [1.165, 1.54) is 11.1 Å². The standard InChI is InChI=1S/C25H28N4O3/c30-23-5-2-18-3-6-24(31)29-21(16-28(23)25(18)29)15-27-10-7-20(8-11-27)26-14-17-1-4-22-19(13-17)9-12-32-22/h1-6,13,20-21,26H,7-12,14-16H2/t21-/m1/s1. The highest BCUT2D eigenvalue weighted by atomic mass is 16.5. The maximum Gasteiger partial charge on any atom is 0.252 e. The molecule has 7 nitrogen and oxygen atoms in total. The smallest absolute Gasteiger partial charge is 0.252 e. The molecule has 1 saturated heterocycles. The number of likely N-dealkylation sites (tertiary alicyclic amines) is 1. The second-order valence-electron chi connectivity index (χ2n) is 9.25. The summed E-state index contributed by atoms with van der Waals surface area (Å²) in [4.78, 5) is 27.4. The van der Waals surface area contributed by atoms with E-state index in [4.69, 9.17) is 4.74 Å². The highest BCUT2D eigenvalue weighted by molar-refractivity contribution is 5.76. The Kier molecular flexibility index (Phi) is 4.88. The third-order valence-electron chi connectivity index (χ3n) is 7.22. The van der Waals surface area contributed by atoms with Crippen molar-refractivity contribution in [3.8, 4) is 5.75 Å². The summed E-state index contributed by atoms with van der Waals surface area (Å²) in [5, 5.41) is 4.67. The van der Waals surface area contributed by atoms with E-state index in [0.717, 1.165) is 68.8 Å². The molecule has 3 aromatic rings. The van der Waals surface area contributed by atoms with Crippen LogP contribution >= 0.6 is 0 Å². The Morgan fingerprint density at radius 2 is 1.81 bits per heavy atom. The highest BCUT2D eigenvalue weighted by Gasteiger charge is 2.29. The van der Waals surface area contributed by atoms with E-state index < -0.39 is 0 Å². The van der Waals surface area contributed by atoms with E-state index in [1.807, 2.05) is 16.7 Å². The molecule has 166 valence electrons. The summed E-state index contributed by atoms with van der Waals surface area (Å²) in [7, 11) is 0. The molecule has 0 radical (unpaired) electrons. The van der Waals surface area contributed by atoms with Crippen LogP contribution in [0.1, 0.15) is 30.0 Å². The number of rotatable bonds is 5. The number of hydrogen-bond donors (Lipinski definition) is 1. The first-order valence-electron chi connectivity index (χ1n) is 11.6. The number of fused-ring (bicyclic) bond motifs is 1. The van der Waals surface area contributed by atoms with Gasteiger partial charge in [0.15, 0.2) is 0 Å². The quantitative estimate of drug-likeness (QED) is 0.667. The van der Waals surface area contributed by atoms with E-state index in [-0.39, 0.29) is 17.2 Å². The van der Waals surface area contributed by atoms with Crippen LogP contribution < -0.4 is 21.2 Å². The molecule has 0 bridgehead atoms. The van der Waals surface area contributed by atoms with Crippen LogP contribution in [0.4, 0.5) is 0 Å². The Bertz CT molecular complexity index is 1280. The van der Waals surface area contributed by atoms with Gasteiger partial charge in [-0.15, -0.1) is 0 Å². The van der Waals surface area contributed by atoms with Crippen molar-refractivity contribution in [2.75, 3.05) is 26.2 Å². The molecule has 2 aromatic heterocycles. The van der Waals surface area contributed by atoms with Crippen molar-refractivity contribution >= 4 is 11.0 Å². The van der Waals surface area contributed by atoms with E-state index in [0.29, 0.717) is 12.6 Å². The molecule has 1 N–H and O–H groups in total. The van der Waals surface area contributed by atoms with Gasteiger partial charge in [-0.2, -0.15) is 0 Å². The van der Waals surface area contributed by atoms with Gasteiger partial charge in [0.1, 0.15) is 11.4 Å². The van der Waals surface area contributed by atoms with Gasteiger partial charge < -0.3 is 15.0 Å². The Morgan fingerprint density at radius 1 is 1.00 bits per heavy atom. The average molecular weight is 433 g/mol. The summed E-state index contributed by atoms with van der Waals surface area (Å²) in [6.07, 6.45) is 3.19. The lowest BCUT2D eigenvalue weighted by molar-refractivity contribution is 0.171. The fourth-order valence-corrected chi connectivity index (χ4v) is 5.52. The molecule has 0 unspecified atom stereocenters. The molecule has 1 fully saturated rings. The fraction of sp³-hybridized carbons (Fsp3) is 0.440. The first kappa shape index (κ1) is 19.8. The summed E-state index contributed by atoms with van der Waals surface area (Å²) in [6, 6.07) is 13.9. The number of pyridine rings is 2. The second kappa shape index (κ2) is 7.90. The molecule has 0 spiro atoms. The maximum atomic E-state index is 12.6. The van der Waals surface area contributed by atoms with Crippen LogP contribution in [0.3, 0.4) is 0 Å². The van der Waals surface area contributed by atoms with Gasteiger partial charge >= 0.3 is 0 Å². The first-order chi connectivity index (χ1) is 15.7. The van der Waals surface area contributed by atoms with Crippen LogP contribution in [0, 0.1) is 0 Å². The normalized spacial score (nSPS) is 20.6. The SMILES string of the molecule is O=c1ccc2ccc(=O)n3c2n1C[C@H]3CN1CCC(NCc2ccc3c(c2)CCO3)CC1. The lowest BCUT2D eigenvalue weighted by Gasteiger charge is -2.34. The zero-order valence-corrected chi connectivity index (χ0v) is 18.1. The van der Waals surface area contributed by atoms with E-state index in [9.17, 15) is 9.59 Å². The van der Waals surface area contributed by atoms with Crippen LogP contribution in [0.5, 0.6) is 5.75 Å². The van der Waals surface area contributed by atoms with Crippen LogP contribution in [0.2, 0.25) is 0 Å². The van der Waals surface area contributed by atoms with Crippen molar-refractivity contribution < 1.29 is 4.74 Å². The summed E-state index contributed by atoms with van der Waals surface area (Å²) in [5.41, 5.74) is 3.36. The van der Waals surface area contributed by atoms with Crippen molar-refractivity contribution in [2.45, 2.75) is 44.4 Å². The highest BCUT2D eigenvalue weighted by Crippen LogP contribution is 2.27. The fourth-order valence-electron chi connectivity index (χ4n) is 5.52. The minimum atomic E-state index is -0.0274. The van der Waals surface area contributed by atoms with Gasteiger partial charge in [-0.3, -0.25) is 18.7 Å². The predicted molar refractivity (Wildman–Crippen MR) is 123 cm³/mol. The molecule has 5 heterocycles. The number of benzene rings is 1. The number of piperidine rings is 1. The number of hydrogen-bond acceptors (Lipinski definition) is 5. The van der Waals surface area contributed by atoms with Crippen molar-refractivity contribution in [3.05, 3.63) is 74.3 Å². The van der Waals surface area contributed by atoms with Gasteiger partial charge in [0.05, 0.1) is 12.6 Å². The van der Waals surface area contributed by atoms with Crippen molar-refractivity contribution in [1.29, 1.82) is 0 Å². The molecule has 7 heteroatoms. The number of ether oxygens (including phenoxy) is 1. The summed E-state index contributed by atoms with van der Waals surface area (Å²) in [6.45, 7) is 5.07. The van der Waals surface area contributed by atoms with Crippen molar-refractivity contribution in [1.82, 2.24) is 19.4 Å². The monoisotopic (exact) mass is 432 g/mol. The molecule has 32 heavy (non-hydrogen) atoms. The van der Waals surface area contributed by atoms with Gasteiger partial charge in [0.25, 0.3) is 11.1 Å². The molecule has 1 atom stereocenters. The second-order valence-corrected chi connectivity index (χ2v) is 9.25. The average Bonchev–Trinajstić information content (AvgIpc) is 3.43. The van der Waals surface area contributed by atoms with Crippen LogP contribution in [-0.4, -0.2) is 46.3 Å². The Hall–Kier alpha value is -2.90. The Morgan fingerprint density at radius 3 is 2.66 bits per heavy atom. The zero-order chi connectivity index (χ0) is 21.7. The maximum absolute atomic E-state index is 12.6. The molecule has 3 aliphatic heterocycles. The van der Waals surface area contributed by atoms with Gasteiger partial charge in [0.2, 0.25) is 0 Å². The topological polar surface area (TPSA) is 68.5 Å². The van der Waals surface area contributed by atoms with Crippen LogP contribution in [0.25, 0.3) is 11.0 Å². The molecule has 1 aromatic carbocycles. The Balaban J connectivity index is 1.07. The molecular formula is C25H28N4O3. The van der Waals surface area contributed by atoms with Gasteiger partial charge in [-0.25, -0.2) is 0 Å². The molecule has 0 saturated carbocycles. The number of nitrogens with zero attached hydrogens (tertiary/aromatic N) is 3. The molecule has 0 aliphatic carbocycles. The molecule has 6 rings (SSSR count). The van der Waals surface area contributed by atoms with Crippen LogP contribution in [-0.2, 0) is 19.5 Å². The summed E-state index contributed by atoms with van der Waals surface area (Å²) >= 11 is 0. The van der Waals surface area contributed by atoms with E-state index in [1.54, 1.807) is 16.7 Å². The zero-order valence-electron chi connectivity index (χ0n) is 18.1. The minimum absolute atomic E-state index is 0.0134. The number of aromatic nitrogens is 2.